The summed E-state index contributed by atoms with van der Waals surface area (Å²) >= 11 is 0. The molecule has 0 saturated carbocycles. The minimum atomic E-state index is 0. The highest BCUT2D eigenvalue weighted by Gasteiger charge is 1.85. The van der Waals surface area contributed by atoms with Crippen LogP contribution in [-0.4, -0.2) is 76.3 Å². The average molecular weight is 403 g/mol. The SMILES string of the molecule is C.C.CN=C(C)C.CN=C(C)N(C)C.CNC.CNC(C)=O.Cn1cccc1. The summed E-state index contributed by atoms with van der Waals surface area (Å²) in [7, 11) is 14.9. The maximum atomic E-state index is 9.70. The first-order valence-corrected chi connectivity index (χ1v) is 8.38. The number of carbonyl (C=O) groups is 1. The second-order valence-electron chi connectivity index (χ2n) is 5.49. The lowest BCUT2D eigenvalue weighted by molar-refractivity contribution is -0.118. The fourth-order valence-electron chi connectivity index (χ4n) is 0.621. The summed E-state index contributed by atoms with van der Waals surface area (Å²) in [5, 5.41) is 5.14. The van der Waals surface area contributed by atoms with E-state index in [-0.39, 0.29) is 20.8 Å². The number of nitrogens with one attached hydrogen (secondary N) is 2. The van der Waals surface area contributed by atoms with Crippen LogP contribution in [0.5, 0.6) is 0 Å². The van der Waals surface area contributed by atoms with E-state index < -0.39 is 0 Å². The van der Waals surface area contributed by atoms with Gasteiger partial charge in [-0.1, -0.05) is 14.9 Å². The van der Waals surface area contributed by atoms with Gasteiger partial charge in [-0.3, -0.25) is 14.8 Å². The molecule has 0 aliphatic heterocycles. The quantitative estimate of drug-likeness (QED) is 0.514. The third-order valence-corrected chi connectivity index (χ3v) is 2.52. The van der Waals surface area contributed by atoms with Gasteiger partial charge in [-0.2, -0.15) is 0 Å². The van der Waals surface area contributed by atoms with Crippen LogP contribution in [0, 0.1) is 0 Å². The molecule has 170 valence electrons. The molecule has 7 heteroatoms. The van der Waals surface area contributed by atoms with Crippen LogP contribution in [0.15, 0.2) is 34.5 Å². The fraction of sp³-hybridized carbons (Fsp3) is 0.667. The first kappa shape index (κ1) is 40.5. The molecule has 0 aromatic carbocycles. The van der Waals surface area contributed by atoms with Crippen LogP contribution in [0.1, 0.15) is 42.5 Å². The van der Waals surface area contributed by atoms with Crippen molar-refractivity contribution in [3.63, 3.8) is 0 Å². The highest BCUT2D eigenvalue weighted by atomic mass is 16.1. The highest BCUT2D eigenvalue weighted by molar-refractivity contribution is 5.79. The zero-order chi connectivity index (χ0) is 21.5. The fourth-order valence-corrected chi connectivity index (χ4v) is 0.621. The largest absolute Gasteiger partial charge is 0.367 e. The van der Waals surface area contributed by atoms with Gasteiger partial charge >= 0.3 is 0 Å². The van der Waals surface area contributed by atoms with E-state index in [0.29, 0.717) is 0 Å². The molecule has 28 heavy (non-hydrogen) atoms. The van der Waals surface area contributed by atoms with Gasteiger partial charge in [0.05, 0.1) is 5.84 Å². The van der Waals surface area contributed by atoms with Crippen LogP contribution >= 0.6 is 0 Å². The summed E-state index contributed by atoms with van der Waals surface area (Å²) in [6, 6.07) is 4.00. The van der Waals surface area contributed by atoms with Crippen molar-refractivity contribution >= 4 is 17.5 Å². The van der Waals surface area contributed by atoms with Crippen molar-refractivity contribution in [1.29, 1.82) is 0 Å². The Kier molecular flexibility index (Phi) is 47.0. The Balaban J connectivity index is -0.0000000542. The third-order valence-electron chi connectivity index (χ3n) is 2.52. The van der Waals surface area contributed by atoms with E-state index in [2.05, 4.69) is 20.6 Å². The van der Waals surface area contributed by atoms with Gasteiger partial charge in [0.2, 0.25) is 5.91 Å². The number of amides is 1. The van der Waals surface area contributed by atoms with Gasteiger partial charge in [-0.05, 0) is 47.0 Å². The Labute approximate surface area is 176 Å². The first-order chi connectivity index (χ1) is 12.0. The van der Waals surface area contributed by atoms with Crippen molar-refractivity contribution < 1.29 is 4.79 Å². The Morgan fingerprint density at radius 2 is 1.18 bits per heavy atom. The van der Waals surface area contributed by atoms with Gasteiger partial charge in [-0.15, -0.1) is 0 Å². The van der Waals surface area contributed by atoms with E-state index in [1.54, 1.807) is 21.1 Å². The van der Waals surface area contributed by atoms with Gasteiger partial charge in [0.15, 0.2) is 0 Å². The predicted octanol–water partition coefficient (Wildman–Crippen LogP) is 3.58. The number of aryl methyl sites for hydroxylation is 1. The van der Waals surface area contributed by atoms with Crippen LogP contribution in [0.3, 0.4) is 0 Å². The molecule has 1 rings (SSSR count). The van der Waals surface area contributed by atoms with Crippen LogP contribution in [-0.2, 0) is 11.8 Å². The molecule has 0 aliphatic carbocycles. The summed E-state index contributed by atoms with van der Waals surface area (Å²) < 4.78 is 2.00. The lowest BCUT2D eigenvalue weighted by Gasteiger charge is -2.08. The van der Waals surface area contributed by atoms with E-state index in [4.69, 9.17) is 0 Å². The summed E-state index contributed by atoms with van der Waals surface area (Å²) in [4.78, 5) is 19.4. The molecule has 7 nitrogen and oxygen atoms in total. The summed E-state index contributed by atoms with van der Waals surface area (Å²) in [5.41, 5.74) is 1.13. The van der Waals surface area contributed by atoms with E-state index in [0.717, 1.165) is 11.5 Å². The molecular formula is C21H50N6O. The van der Waals surface area contributed by atoms with Crippen molar-refractivity contribution in [2.75, 3.05) is 49.3 Å². The highest BCUT2D eigenvalue weighted by Crippen LogP contribution is 1.80. The second-order valence-corrected chi connectivity index (χ2v) is 5.49. The smallest absolute Gasteiger partial charge is 0.216 e. The Morgan fingerprint density at radius 3 is 1.21 bits per heavy atom. The number of aliphatic imine (C=N–C) groups is 2. The van der Waals surface area contributed by atoms with E-state index in [1.807, 2.05) is 90.0 Å². The van der Waals surface area contributed by atoms with Crippen LogP contribution in [0.25, 0.3) is 0 Å². The van der Waals surface area contributed by atoms with Crippen LogP contribution in [0.2, 0.25) is 0 Å². The lowest BCUT2D eigenvalue weighted by Crippen LogP contribution is -2.17. The van der Waals surface area contributed by atoms with E-state index in [1.165, 1.54) is 6.92 Å². The number of rotatable bonds is 0. The molecular weight excluding hydrogens is 352 g/mol. The molecule has 0 fully saturated rings. The molecule has 1 aromatic rings. The molecule has 0 unspecified atom stereocenters. The summed E-state index contributed by atoms with van der Waals surface area (Å²) in [5.74, 6) is 1.06. The van der Waals surface area contributed by atoms with Crippen molar-refractivity contribution in [2.45, 2.75) is 42.5 Å². The topological polar surface area (TPSA) is 74.0 Å². The minimum Gasteiger partial charge on any atom is -0.367 e. The van der Waals surface area contributed by atoms with Crippen molar-refractivity contribution in [3.05, 3.63) is 24.5 Å². The Morgan fingerprint density at radius 1 is 0.893 bits per heavy atom. The summed E-state index contributed by atoms with van der Waals surface area (Å²) in [6.45, 7) is 7.39. The molecule has 0 radical (unpaired) electrons. The standard InChI is InChI=1S/C5H12N2.C5H7N.C4H9N.C3H7NO.C2H7N.2CH4/c1-5(6-2)7(3)4;1-6-4-2-3-5-6;1-4(2)5-3;1-3(5)4-2;1-3-2;;/h1-4H3;2-5H,1H3;1-3H3;1-2H3,(H,4,5);3H,1-2H3;2*1H4. The molecule has 2 N–H and O–H groups in total. The molecule has 1 heterocycles. The molecule has 0 aliphatic rings. The van der Waals surface area contributed by atoms with Crippen LogP contribution in [0.4, 0.5) is 0 Å². The normalized spacial score (nSPS) is 7.93. The monoisotopic (exact) mass is 402 g/mol. The van der Waals surface area contributed by atoms with Crippen molar-refractivity contribution in [3.8, 4) is 0 Å². The van der Waals surface area contributed by atoms with Gasteiger partial charge in [0.25, 0.3) is 0 Å². The van der Waals surface area contributed by atoms with E-state index in [9.17, 15) is 4.79 Å². The van der Waals surface area contributed by atoms with Crippen molar-refractivity contribution in [1.82, 2.24) is 20.1 Å². The van der Waals surface area contributed by atoms with Gasteiger partial charge in [0, 0.05) is 67.3 Å². The maximum Gasteiger partial charge on any atom is 0.216 e. The Bertz CT molecular complexity index is 447. The number of hydrogen-bond donors (Lipinski definition) is 2. The van der Waals surface area contributed by atoms with E-state index >= 15 is 0 Å². The Hall–Kier alpha value is -2.15. The van der Waals surface area contributed by atoms with Gasteiger partial charge in [-0.25, -0.2) is 0 Å². The number of nitrogens with zero attached hydrogens (tertiary/aromatic N) is 4. The number of hydrogen-bond acceptors (Lipinski definition) is 4. The molecule has 0 saturated heterocycles. The zero-order valence-corrected chi connectivity index (χ0v) is 19.0. The number of aromatic nitrogens is 1. The van der Waals surface area contributed by atoms with Gasteiger partial charge < -0.3 is 20.1 Å². The molecule has 1 aromatic heterocycles. The average Bonchev–Trinajstić information content (AvgIpc) is 3.07. The number of amidine groups is 1. The molecule has 0 atom stereocenters. The zero-order valence-electron chi connectivity index (χ0n) is 19.0. The first-order valence-electron chi connectivity index (χ1n) is 8.38. The lowest BCUT2D eigenvalue weighted by atomic mass is 10.5. The molecule has 0 bridgehead atoms. The molecule has 1 amide bonds. The minimum absolute atomic E-state index is 0. The van der Waals surface area contributed by atoms with Crippen molar-refractivity contribution in [2.24, 2.45) is 17.0 Å². The van der Waals surface area contributed by atoms with Crippen LogP contribution < -0.4 is 10.6 Å². The third kappa shape index (κ3) is 56.5. The molecule has 0 spiro atoms. The van der Waals surface area contributed by atoms with Gasteiger partial charge in [0.1, 0.15) is 0 Å². The second kappa shape index (κ2) is 32.5. The summed E-state index contributed by atoms with van der Waals surface area (Å²) in [6.07, 6.45) is 4.00. The number of carbonyl (C=O) groups excluding carboxylic acids is 1. The predicted molar refractivity (Wildman–Crippen MR) is 131 cm³/mol. The maximum absolute atomic E-state index is 9.70.